The molecule has 0 fully saturated rings. The fourth-order valence-electron chi connectivity index (χ4n) is 7.29. The van der Waals surface area contributed by atoms with Gasteiger partial charge in [0.1, 0.15) is 22.8 Å². The molecule has 0 bridgehead atoms. The summed E-state index contributed by atoms with van der Waals surface area (Å²) >= 11 is 0. The highest BCUT2D eigenvalue weighted by Gasteiger charge is 2.69. The van der Waals surface area contributed by atoms with Gasteiger partial charge in [0.2, 0.25) is 5.78 Å². The molecule has 2 aromatic carbocycles. The van der Waals surface area contributed by atoms with Crippen molar-refractivity contribution in [1.82, 2.24) is 4.90 Å². The first kappa shape index (κ1) is 29.8. The maximum atomic E-state index is 14.2. The van der Waals surface area contributed by atoms with Gasteiger partial charge in [-0.2, -0.15) is 0 Å². The number of aliphatic hydroxyl groups excluding tert-OH is 2. The standard InChI is InChI=1S/C31H33N3O9/c1-30-12-15-10-17-18(33(2)3)11-16(13-6-8-14(9-7-13)29(41)42)22(35)20(17)23(36)19(15)26(38)31(30,43)27(39)21(28(32)40)24(37)25(30)34(4)5/h6-9,11,15,25,35,37-38,43H,10,12H2,1-5H3,(H2,32,40)(H,41,42)/t15-,25-,30-,31-/m0/s1. The minimum absolute atomic E-state index is 0.0325. The van der Waals surface area contributed by atoms with Gasteiger partial charge in [0.25, 0.3) is 5.91 Å². The van der Waals surface area contributed by atoms with Crippen molar-refractivity contribution in [2.45, 2.75) is 31.4 Å². The molecular weight excluding hydrogens is 558 g/mol. The minimum Gasteiger partial charge on any atom is -0.510 e. The van der Waals surface area contributed by atoms with Gasteiger partial charge in [-0.15, -0.1) is 0 Å². The number of phenolic OH excluding ortho intramolecular Hbond substituents is 1. The zero-order valence-corrected chi connectivity index (χ0v) is 24.3. The number of carbonyl (C=O) groups excluding carboxylic acids is 3. The third-order valence-electron chi connectivity index (χ3n) is 9.17. The Morgan fingerprint density at radius 3 is 2.14 bits per heavy atom. The number of aliphatic hydroxyl groups is 3. The molecule has 4 atom stereocenters. The van der Waals surface area contributed by atoms with Crippen LogP contribution in [0.5, 0.6) is 5.75 Å². The number of phenols is 1. The highest BCUT2D eigenvalue weighted by atomic mass is 16.4. The van der Waals surface area contributed by atoms with Crippen molar-refractivity contribution in [2.75, 3.05) is 33.1 Å². The first-order chi connectivity index (χ1) is 20.0. The molecular formula is C31H33N3O9. The van der Waals surface area contributed by atoms with Crippen LogP contribution in [-0.4, -0.2) is 93.7 Å². The summed E-state index contributed by atoms with van der Waals surface area (Å²) in [5, 5.41) is 55.6. The second kappa shape index (κ2) is 9.68. The number of nitrogens with zero attached hydrogens (tertiary/aromatic N) is 2. The average molecular weight is 592 g/mol. The van der Waals surface area contributed by atoms with E-state index in [1.165, 1.54) is 36.1 Å². The van der Waals surface area contributed by atoms with E-state index in [1.807, 2.05) is 0 Å². The van der Waals surface area contributed by atoms with Gasteiger partial charge in [-0.3, -0.25) is 19.3 Å². The van der Waals surface area contributed by atoms with E-state index < -0.39 is 69.3 Å². The van der Waals surface area contributed by atoms with Gasteiger partial charge in [0, 0.05) is 36.3 Å². The van der Waals surface area contributed by atoms with E-state index in [0.29, 0.717) is 16.8 Å². The number of rotatable bonds is 5. The monoisotopic (exact) mass is 591 g/mol. The number of aromatic hydroxyl groups is 1. The topological polar surface area (TPSA) is 202 Å². The maximum Gasteiger partial charge on any atom is 0.335 e. The number of likely N-dealkylation sites (N-methyl/N-ethyl adjacent to an activating group) is 1. The number of allylic oxidation sites excluding steroid dienone is 1. The summed E-state index contributed by atoms with van der Waals surface area (Å²) in [6.45, 7) is 1.50. The Morgan fingerprint density at radius 1 is 1.02 bits per heavy atom. The largest absolute Gasteiger partial charge is 0.510 e. The minimum atomic E-state index is -2.79. The van der Waals surface area contributed by atoms with Crippen LogP contribution in [0.1, 0.15) is 39.6 Å². The predicted molar refractivity (Wildman–Crippen MR) is 155 cm³/mol. The number of carboxylic acid groups (broad SMARTS) is 1. The van der Waals surface area contributed by atoms with Crippen molar-refractivity contribution in [3.63, 3.8) is 0 Å². The van der Waals surface area contributed by atoms with Crippen LogP contribution in [0.4, 0.5) is 5.69 Å². The smallest absolute Gasteiger partial charge is 0.335 e. The normalized spacial score (nSPS) is 26.7. The number of ketones is 2. The number of amides is 1. The Bertz CT molecular complexity index is 1690. The van der Waals surface area contributed by atoms with Crippen LogP contribution >= 0.6 is 0 Å². The van der Waals surface area contributed by atoms with Crippen LogP contribution in [0.3, 0.4) is 0 Å². The molecule has 0 unspecified atom stereocenters. The molecule has 0 aliphatic heterocycles. The first-order valence-corrected chi connectivity index (χ1v) is 13.5. The van der Waals surface area contributed by atoms with Gasteiger partial charge in [0.05, 0.1) is 17.2 Å². The first-order valence-electron chi connectivity index (χ1n) is 13.5. The third kappa shape index (κ3) is 3.90. The van der Waals surface area contributed by atoms with Crippen molar-refractivity contribution >= 4 is 29.1 Å². The molecule has 0 saturated carbocycles. The molecule has 3 aliphatic carbocycles. The van der Waals surface area contributed by atoms with Crippen molar-refractivity contribution < 1.29 is 44.7 Å². The van der Waals surface area contributed by atoms with E-state index in [9.17, 15) is 44.7 Å². The number of benzene rings is 2. The highest BCUT2D eigenvalue weighted by Crippen LogP contribution is 2.59. The van der Waals surface area contributed by atoms with E-state index in [2.05, 4.69) is 0 Å². The number of carboxylic acids is 1. The SMILES string of the molecule is CN(C)c1cc(-c2ccc(C(=O)O)cc2)c(O)c2c1C[C@H]1C[C@@]3(C)[C@@H](N(C)C)C(O)=C(C(N)=O)C(=O)[C@@]3(O)C(O)=C1C2=O. The van der Waals surface area contributed by atoms with E-state index >= 15 is 0 Å². The van der Waals surface area contributed by atoms with Gasteiger partial charge < -0.3 is 36.2 Å². The number of primary amides is 1. The Labute approximate surface area is 247 Å². The van der Waals surface area contributed by atoms with Crippen LogP contribution in [-0.2, 0) is 16.0 Å². The Balaban J connectivity index is 1.77. The maximum absolute atomic E-state index is 14.2. The molecule has 0 saturated heterocycles. The molecule has 5 rings (SSSR count). The van der Waals surface area contributed by atoms with Crippen molar-refractivity contribution in [1.29, 1.82) is 0 Å². The summed E-state index contributed by atoms with van der Waals surface area (Å²) in [6, 6.07) is 6.29. The fraction of sp³-hybridized carbons (Fsp3) is 0.355. The van der Waals surface area contributed by atoms with Crippen molar-refractivity contribution in [3.05, 3.63) is 69.7 Å². The zero-order valence-electron chi connectivity index (χ0n) is 24.3. The Morgan fingerprint density at radius 2 is 1.63 bits per heavy atom. The molecule has 7 N–H and O–H groups in total. The number of aromatic carboxylic acids is 1. The molecule has 0 heterocycles. The van der Waals surface area contributed by atoms with Crippen molar-refractivity contribution in [2.24, 2.45) is 17.1 Å². The summed E-state index contributed by atoms with van der Waals surface area (Å²) in [5.41, 5.74) is 1.53. The predicted octanol–water partition coefficient (Wildman–Crippen LogP) is 1.94. The number of anilines is 1. The van der Waals surface area contributed by atoms with Gasteiger partial charge in [-0.25, -0.2) is 4.79 Å². The summed E-state index contributed by atoms with van der Waals surface area (Å²) in [7, 11) is 6.67. The molecule has 0 radical (unpaired) electrons. The number of fused-ring (bicyclic) bond motifs is 3. The molecule has 12 heteroatoms. The van der Waals surface area contributed by atoms with Crippen molar-refractivity contribution in [3.8, 4) is 16.9 Å². The second-order valence-corrected chi connectivity index (χ2v) is 12.1. The number of Topliss-reactive ketones (excluding diaryl/α,β-unsaturated/α-hetero) is 2. The lowest BCUT2D eigenvalue weighted by atomic mass is 9.51. The molecule has 12 nitrogen and oxygen atoms in total. The summed E-state index contributed by atoms with van der Waals surface area (Å²) < 4.78 is 0. The lowest BCUT2D eigenvalue weighted by Crippen LogP contribution is -2.69. The molecule has 1 amide bonds. The molecule has 0 aromatic heterocycles. The zero-order chi connectivity index (χ0) is 31.9. The van der Waals surface area contributed by atoms with E-state index in [4.69, 9.17) is 5.73 Å². The molecule has 43 heavy (non-hydrogen) atoms. The molecule has 226 valence electrons. The number of hydrogen-bond acceptors (Lipinski definition) is 10. The van der Waals surface area contributed by atoms with Gasteiger partial charge in [-0.05, 0) is 62.2 Å². The summed E-state index contributed by atoms with van der Waals surface area (Å²) in [4.78, 5) is 54.8. The van der Waals surface area contributed by atoms with Gasteiger partial charge in [0.15, 0.2) is 11.4 Å². The second-order valence-electron chi connectivity index (χ2n) is 12.1. The van der Waals surface area contributed by atoms with Crippen LogP contribution in [0.15, 0.2) is 53.0 Å². The number of carbonyl (C=O) groups is 4. The molecule has 2 aromatic rings. The lowest BCUT2D eigenvalue weighted by Gasteiger charge is -2.57. The average Bonchev–Trinajstić information content (AvgIpc) is 2.90. The van der Waals surface area contributed by atoms with E-state index in [1.54, 1.807) is 39.2 Å². The highest BCUT2D eigenvalue weighted by molar-refractivity contribution is 6.25. The van der Waals surface area contributed by atoms with Crippen LogP contribution in [0, 0.1) is 11.3 Å². The van der Waals surface area contributed by atoms with Gasteiger partial charge >= 0.3 is 5.97 Å². The number of hydrogen-bond donors (Lipinski definition) is 6. The third-order valence-corrected chi connectivity index (χ3v) is 9.17. The van der Waals surface area contributed by atoms with Gasteiger partial charge in [-0.1, -0.05) is 19.1 Å². The fourth-order valence-corrected chi connectivity index (χ4v) is 7.29. The van der Waals surface area contributed by atoms with Crippen LogP contribution in [0.25, 0.3) is 11.1 Å². The lowest BCUT2D eigenvalue weighted by molar-refractivity contribution is -0.165. The summed E-state index contributed by atoms with van der Waals surface area (Å²) in [6.07, 6.45) is 0.0811. The van der Waals surface area contributed by atoms with Crippen LogP contribution in [0.2, 0.25) is 0 Å². The Kier molecular flexibility index (Phi) is 6.71. The number of nitrogens with two attached hydrogens (primary N) is 1. The molecule has 3 aliphatic rings. The van der Waals surface area contributed by atoms with E-state index in [0.717, 1.165) is 0 Å². The quantitative estimate of drug-likeness (QED) is 0.277. The van der Waals surface area contributed by atoms with E-state index in [-0.39, 0.29) is 35.1 Å². The molecule has 0 spiro atoms. The Hall–Kier alpha value is -4.68. The van der Waals surface area contributed by atoms with Crippen LogP contribution < -0.4 is 10.6 Å². The summed E-state index contributed by atoms with van der Waals surface area (Å²) in [5.74, 6) is -7.27.